The molecule has 1 aromatic heterocycles. The van der Waals surface area contributed by atoms with Crippen LogP contribution in [0.4, 0.5) is 0 Å². The summed E-state index contributed by atoms with van der Waals surface area (Å²) in [5.74, 6) is 0.892. The lowest BCUT2D eigenvalue weighted by Crippen LogP contribution is -3.00. The third kappa shape index (κ3) is 6.71. The number of fused-ring (bicyclic) bond motifs is 1. The Balaban J connectivity index is 0.00000272. The molecule has 4 rings (SSSR count). The van der Waals surface area contributed by atoms with Crippen LogP contribution in [0.2, 0.25) is 0 Å². The zero-order valence-corrected chi connectivity index (χ0v) is 20.8. The standard InChI is InChI=1S/C27H28NOS.HI/c1-29-24-15-17-25(18-16-24)30-26-20-23-13-7-8-14-27(23)28(21-26)19-9-3-6-12-22-10-4-2-5-11-22;/h2,4-5,7-8,10-11,13-18,20-21H,3,6,9,12,19H2,1H3;1H/q+1;/p-1. The summed E-state index contributed by atoms with van der Waals surface area (Å²) >= 11 is 1.80. The highest BCUT2D eigenvalue weighted by atomic mass is 127. The molecular formula is C27H28INOS. The third-order valence-corrected chi connectivity index (χ3v) is 6.30. The van der Waals surface area contributed by atoms with E-state index in [1.165, 1.54) is 51.9 Å². The number of methoxy groups -OCH3 is 1. The Bertz CT molecular complexity index is 1080. The van der Waals surface area contributed by atoms with Crippen LogP contribution >= 0.6 is 11.8 Å². The number of aryl methyl sites for hydroxylation is 2. The van der Waals surface area contributed by atoms with E-state index in [4.69, 9.17) is 4.74 Å². The number of aromatic nitrogens is 1. The number of nitrogens with zero attached hydrogens (tertiary/aromatic N) is 1. The van der Waals surface area contributed by atoms with Crippen LogP contribution in [0.3, 0.4) is 0 Å². The SMILES string of the molecule is COc1ccc(Sc2cc3ccccc3[n+](CCCCCc3ccccc3)c2)cc1.[I-]. The van der Waals surface area contributed by atoms with Gasteiger partial charge in [-0.1, -0.05) is 54.2 Å². The molecular weight excluding hydrogens is 513 g/mol. The van der Waals surface area contributed by atoms with Crippen molar-refractivity contribution >= 4 is 22.7 Å². The molecule has 0 radical (unpaired) electrons. The minimum Gasteiger partial charge on any atom is -1.00 e. The second-order valence-corrected chi connectivity index (χ2v) is 8.65. The van der Waals surface area contributed by atoms with Gasteiger partial charge in [-0.15, -0.1) is 0 Å². The van der Waals surface area contributed by atoms with E-state index in [1.807, 2.05) is 12.1 Å². The zero-order valence-electron chi connectivity index (χ0n) is 17.8. The van der Waals surface area contributed by atoms with Crippen molar-refractivity contribution in [3.8, 4) is 5.75 Å². The number of benzene rings is 3. The monoisotopic (exact) mass is 541 g/mol. The van der Waals surface area contributed by atoms with Crippen molar-refractivity contribution in [1.82, 2.24) is 0 Å². The zero-order chi connectivity index (χ0) is 20.6. The van der Waals surface area contributed by atoms with E-state index in [0.29, 0.717) is 0 Å². The lowest BCUT2D eigenvalue weighted by Gasteiger charge is -2.07. The number of ether oxygens (including phenoxy) is 1. The maximum Gasteiger partial charge on any atom is 0.212 e. The Morgan fingerprint density at radius 1 is 0.774 bits per heavy atom. The lowest BCUT2D eigenvalue weighted by molar-refractivity contribution is -0.673. The summed E-state index contributed by atoms with van der Waals surface area (Å²) in [5.41, 5.74) is 2.74. The summed E-state index contributed by atoms with van der Waals surface area (Å²) < 4.78 is 7.70. The van der Waals surface area contributed by atoms with Crippen molar-refractivity contribution in [2.24, 2.45) is 0 Å². The number of rotatable bonds is 9. The van der Waals surface area contributed by atoms with Crippen LogP contribution in [0.1, 0.15) is 24.8 Å². The van der Waals surface area contributed by atoms with Crippen molar-refractivity contribution in [2.75, 3.05) is 7.11 Å². The van der Waals surface area contributed by atoms with Crippen LogP contribution < -0.4 is 33.3 Å². The molecule has 0 amide bonds. The Morgan fingerprint density at radius 2 is 1.52 bits per heavy atom. The molecule has 31 heavy (non-hydrogen) atoms. The molecule has 0 aliphatic carbocycles. The van der Waals surface area contributed by atoms with Gasteiger partial charge in [-0.2, -0.15) is 4.57 Å². The van der Waals surface area contributed by atoms with Crippen molar-refractivity contribution in [3.05, 3.63) is 96.7 Å². The first-order valence-electron chi connectivity index (χ1n) is 10.6. The minimum absolute atomic E-state index is 0. The number of pyridine rings is 1. The molecule has 0 saturated carbocycles. The molecule has 0 aliphatic heterocycles. The highest BCUT2D eigenvalue weighted by molar-refractivity contribution is 7.99. The number of unbranched alkanes of at least 4 members (excludes halogenated alkanes) is 2. The van der Waals surface area contributed by atoms with E-state index in [0.717, 1.165) is 12.3 Å². The fourth-order valence-electron chi connectivity index (χ4n) is 3.74. The summed E-state index contributed by atoms with van der Waals surface area (Å²) in [5, 5.41) is 1.29. The van der Waals surface area contributed by atoms with Crippen LogP contribution in [0.15, 0.2) is 101 Å². The Kier molecular flexibility index (Phi) is 9.22. The van der Waals surface area contributed by atoms with E-state index >= 15 is 0 Å². The minimum atomic E-state index is 0. The van der Waals surface area contributed by atoms with Crippen LogP contribution in [0, 0.1) is 0 Å². The summed E-state index contributed by atoms with van der Waals surface area (Å²) in [6, 6.07) is 30.0. The predicted octanol–water partition coefficient (Wildman–Crippen LogP) is 3.70. The molecule has 0 aliphatic rings. The maximum absolute atomic E-state index is 5.28. The lowest BCUT2D eigenvalue weighted by atomic mass is 10.1. The first-order valence-corrected chi connectivity index (χ1v) is 11.4. The van der Waals surface area contributed by atoms with Crippen molar-refractivity contribution in [3.63, 3.8) is 0 Å². The molecule has 0 unspecified atom stereocenters. The Labute approximate surface area is 206 Å². The van der Waals surface area contributed by atoms with E-state index in [-0.39, 0.29) is 24.0 Å². The van der Waals surface area contributed by atoms with Crippen LogP contribution in [0.25, 0.3) is 10.9 Å². The smallest absolute Gasteiger partial charge is 0.212 e. The first kappa shape index (κ1) is 23.6. The highest BCUT2D eigenvalue weighted by Gasteiger charge is 2.12. The third-order valence-electron chi connectivity index (χ3n) is 5.33. The van der Waals surface area contributed by atoms with Crippen LogP contribution in [-0.4, -0.2) is 7.11 Å². The van der Waals surface area contributed by atoms with Crippen molar-refractivity contribution in [2.45, 2.75) is 42.0 Å². The molecule has 2 nitrogen and oxygen atoms in total. The molecule has 160 valence electrons. The number of hydrogen-bond acceptors (Lipinski definition) is 2. The second-order valence-electron chi connectivity index (χ2n) is 7.50. The van der Waals surface area contributed by atoms with Gasteiger partial charge in [0, 0.05) is 22.8 Å². The molecule has 4 aromatic rings. The Morgan fingerprint density at radius 3 is 2.29 bits per heavy atom. The maximum atomic E-state index is 5.28. The summed E-state index contributed by atoms with van der Waals surface area (Å²) in [6.45, 7) is 1.05. The van der Waals surface area contributed by atoms with Gasteiger partial charge in [-0.3, -0.25) is 0 Å². The molecule has 0 saturated heterocycles. The molecule has 4 heteroatoms. The fraction of sp³-hybridized carbons (Fsp3) is 0.222. The summed E-state index contributed by atoms with van der Waals surface area (Å²) in [6.07, 6.45) is 7.14. The van der Waals surface area contributed by atoms with Gasteiger partial charge in [-0.25, -0.2) is 0 Å². The number of hydrogen-bond donors (Lipinski definition) is 0. The molecule has 0 atom stereocenters. The summed E-state index contributed by atoms with van der Waals surface area (Å²) in [4.78, 5) is 2.49. The Hall–Kier alpha value is -2.05. The van der Waals surface area contributed by atoms with E-state index in [9.17, 15) is 0 Å². The van der Waals surface area contributed by atoms with Gasteiger partial charge in [0.2, 0.25) is 5.52 Å². The summed E-state index contributed by atoms with van der Waals surface area (Å²) in [7, 11) is 1.70. The number of halogens is 1. The van der Waals surface area contributed by atoms with E-state index in [2.05, 4.69) is 83.6 Å². The molecule has 0 bridgehead atoms. The van der Waals surface area contributed by atoms with E-state index < -0.39 is 0 Å². The van der Waals surface area contributed by atoms with Gasteiger partial charge in [-0.05, 0) is 61.2 Å². The molecule has 0 spiro atoms. The predicted molar refractivity (Wildman–Crippen MR) is 125 cm³/mol. The average molecular weight is 541 g/mol. The topological polar surface area (TPSA) is 13.1 Å². The van der Waals surface area contributed by atoms with E-state index in [1.54, 1.807) is 18.9 Å². The van der Waals surface area contributed by atoms with Crippen molar-refractivity contribution < 1.29 is 33.3 Å². The fourth-order valence-corrected chi connectivity index (χ4v) is 4.65. The highest BCUT2D eigenvalue weighted by Crippen LogP contribution is 2.30. The normalized spacial score (nSPS) is 10.6. The van der Waals surface area contributed by atoms with Crippen molar-refractivity contribution in [1.29, 1.82) is 0 Å². The first-order chi connectivity index (χ1) is 14.8. The van der Waals surface area contributed by atoms with Gasteiger partial charge in [0.05, 0.1) is 12.0 Å². The van der Waals surface area contributed by atoms with Crippen LogP contribution in [0.5, 0.6) is 5.75 Å². The average Bonchev–Trinajstić information content (AvgIpc) is 2.80. The van der Waals surface area contributed by atoms with Gasteiger partial charge < -0.3 is 28.7 Å². The molecule has 0 N–H and O–H groups in total. The second kappa shape index (κ2) is 12.1. The molecule has 0 fully saturated rings. The largest absolute Gasteiger partial charge is 1.00 e. The van der Waals surface area contributed by atoms with Gasteiger partial charge in [0.15, 0.2) is 6.20 Å². The molecule has 1 heterocycles. The van der Waals surface area contributed by atoms with Gasteiger partial charge >= 0.3 is 0 Å². The van der Waals surface area contributed by atoms with Gasteiger partial charge in [0.1, 0.15) is 12.3 Å². The molecule has 3 aromatic carbocycles. The van der Waals surface area contributed by atoms with Gasteiger partial charge in [0.25, 0.3) is 0 Å². The van der Waals surface area contributed by atoms with Crippen LogP contribution in [-0.2, 0) is 13.0 Å². The quantitative estimate of drug-likeness (QED) is 0.182. The number of para-hydroxylation sites is 1.